The van der Waals surface area contributed by atoms with E-state index in [9.17, 15) is 24.6 Å². The molecule has 2 unspecified atom stereocenters. The Hall–Kier alpha value is -1.42. The highest BCUT2D eigenvalue weighted by molar-refractivity contribution is 8.00. The van der Waals surface area contributed by atoms with Gasteiger partial charge in [0.2, 0.25) is 5.91 Å². The number of nitrogens with two attached hydrogens (primary N) is 1. The van der Waals surface area contributed by atoms with E-state index in [-0.39, 0.29) is 57.9 Å². The van der Waals surface area contributed by atoms with Crippen molar-refractivity contribution in [1.29, 1.82) is 0 Å². The molecule has 4 rings (SSSR count). The molecule has 4 aliphatic carbocycles. The third-order valence-electron chi connectivity index (χ3n) is 11.5. The number of esters is 1. The van der Waals surface area contributed by atoms with Crippen LogP contribution in [0.15, 0.2) is 12.7 Å². The van der Waals surface area contributed by atoms with E-state index < -0.39 is 35.2 Å². The van der Waals surface area contributed by atoms with Crippen molar-refractivity contribution in [3.05, 3.63) is 12.7 Å². The topological polar surface area (TPSA) is 139 Å². The van der Waals surface area contributed by atoms with Crippen molar-refractivity contribution in [2.75, 3.05) is 5.75 Å². The lowest BCUT2D eigenvalue weighted by atomic mass is 9.44. The smallest absolute Gasteiger partial charge is 0.316 e. The van der Waals surface area contributed by atoms with E-state index >= 15 is 0 Å². The van der Waals surface area contributed by atoms with E-state index in [2.05, 4.69) is 32.7 Å². The van der Waals surface area contributed by atoms with E-state index in [1.807, 2.05) is 6.92 Å². The predicted octanol–water partition coefficient (Wildman–Crippen LogP) is 3.37. The highest BCUT2D eigenvalue weighted by Gasteiger charge is 2.68. The van der Waals surface area contributed by atoms with Gasteiger partial charge in [-0.25, -0.2) is 0 Å². The zero-order valence-corrected chi connectivity index (χ0v) is 25.7. The summed E-state index contributed by atoms with van der Waals surface area (Å²) >= 11 is 1.36. The van der Waals surface area contributed by atoms with Crippen LogP contribution < -0.4 is 11.1 Å². The molecule has 0 aromatic heterocycles. The van der Waals surface area contributed by atoms with Gasteiger partial charge in [-0.3, -0.25) is 14.4 Å². The molecule has 8 nitrogen and oxygen atoms in total. The minimum Gasteiger partial charge on any atom is -0.461 e. The van der Waals surface area contributed by atoms with E-state index in [4.69, 9.17) is 10.5 Å². The first-order valence-corrected chi connectivity index (χ1v) is 16.1. The molecule has 0 spiro atoms. The fourth-order valence-corrected chi connectivity index (χ4v) is 9.77. The molecule has 0 radical (unpaired) electrons. The third kappa shape index (κ3) is 5.40. The number of carbonyl (C=O) groups is 3. The number of carbonyl (C=O) groups excluding carboxylic acids is 3. The summed E-state index contributed by atoms with van der Waals surface area (Å²) in [5, 5.41) is 25.0. The van der Waals surface area contributed by atoms with Crippen LogP contribution in [0.1, 0.15) is 86.0 Å². The maximum absolute atomic E-state index is 13.6. The van der Waals surface area contributed by atoms with Gasteiger partial charge in [0.15, 0.2) is 0 Å². The number of thioether (sulfide) groups is 1. The second-order valence-electron chi connectivity index (χ2n) is 13.8. The molecule has 0 heterocycles. The lowest BCUT2D eigenvalue weighted by Gasteiger charge is -2.61. The first kappa shape index (κ1) is 31.5. The van der Waals surface area contributed by atoms with Crippen LogP contribution in [-0.2, 0) is 19.1 Å². The Morgan fingerprint density at radius 3 is 2.58 bits per heavy atom. The molecule has 12 atom stereocenters. The maximum Gasteiger partial charge on any atom is 0.316 e. The standard InChI is InChI=1S/C31H50N2O6S/c1-7-29(5)15-24(30(6)17(2)10-12-31(18(3)27(29)37)13-11-22(35)26(30)31)39-25(36)16-40-23-14-20(8-9-21(23)34)33-28(38)19(4)32/h7,17-21,23-24,26-27,34,37H,1,8-16,32H2,2-6H3,(H,33,38)/t17?,18-,19+,20-,21-,23+,24+,26-,27-,29+,30-,31?/m0/s1. The van der Waals surface area contributed by atoms with Crippen molar-refractivity contribution < 1.29 is 29.3 Å². The largest absolute Gasteiger partial charge is 0.461 e. The monoisotopic (exact) mass is 578 g/mol. The molecule has 0 aromatic rings. The van der Waals surface area contributed by atoms with Crippen molar-refractivity contribution in [2.24, 2.45) is 39.7 Å². The fraction of sp³-hybridized carbons (Fsp3) is 0.839. The van der Waals surface area contributed by atoms with Gasteiger partial charge < -0.3 is 26.0 Å². The highest BCUT2D eigenvalue weighted by Crippen LogP contribution is 2.68. The van der Waals surface area contributed by atoms with Gasteiger partial charge in [-0.2, -0.15) is 0 Å². The number of ether oxygens (including phenoxy) is 1. The molecule has 4 fully saturated rings. The maximum atomic E-state index is 13.6. The van der Waals surface area contributed by atoms with Crippen LogP contribution in [0.5, 0.6) is 0 Å². The molecule has 40 heavy (non-hydrogen) atoms. The van der Waals surface area contributed by atoms with Gasteiger partial charge in [0.05, 0.1) is 24.0 Å². The number of hydrogen-bond donors (Lipinski definition) is 4. The van der Waals surface area contributed by atoms with Crippen LogP contribution in [0.4, 0.5) is 0 Å². The summed E-state index contributed by atoms with van der Waals surface area (Å²) in [7, 11) is 0. The molecule has 5 N–H and O–H groups in total. The SMILES string of the molecule is C=C[C@]1(C)C[C@@H](OC(=O)CS[C@@H]2C[C@@H](NC(=O)[C@@H](C)N)CC[C@@H]2O)[C@]2(C)C(C)CCC3(CCC(=O)[C@H]32)[C@@H](C)[C@@H]1O. The van der Waals surface area contributed by atoms with Gasteiger partial charge in [-0.15, -0.1) is 18.3 Å². The van der Waals surface area contributed by atoms with Crippen LogP contribution >= 0.6 is 11.8 Å². The lowest BCUT2D eigenvalue weighted by Crippen LogP contribution is -2.63. The van der Waals surface area contributed by atoms with Gasteiger partial charge in [0.1, 0.15) is 11.9 Å². The summed E-state index contributed by atoms with van der Waals surface area (Å²) < 4.78 is 6.33. The molecular formula is C31H50N2O6S. The Kier molecular flexibility index (Phi) is 9.21. The molecule has 4 saturated carbocycles. The highest BCUT2D eigenvalue weighted by atomic mass is 32.2. The Bertz CT molecular complexity index is 1010. The van der Waals surface area contributed by atoms with Crippen molar-refractivity contribution in [2.45, 2.75) is 122 Å². The number of ketones is 1. The quantitative estimate of drug-likeness (QED) is 0.266. The number of rotatable bonds is 7. The first-order chi connectivity index (χ1) is 18.7. The normalized spacial score (nSPS) is 46.0. The van der Waals surface area contributed by atoms with Crippen molar-refractivity contribution in [1.82, 2.24) is 5.32 Å². The minimum atomic E-state index is -0.701. The average molecular weight is 579 g/mol. The Morgan fingerprint density at radius 1 is 1.23 bits per heavy atom. The molecule has 4 aliphatic rings. The lowest BCUT2D eigenvalue weighted by molar-refractivity contribution is -0.205. The summed E-state index contributed by atoms with van der Waals surface area (Å²) in [6.45, 7) is 14.1. The van der Waals surface area contributed by atoms with E-state index in [1.54, 1.807) is 13.0 Å². The summed E-state index contributed by atoms with van der Waals surface area (Å²) in [4.78, 5) is 39.1. The number of aliphatic hydroxyl groups excluding tert-OH is 2. The zero-order chi connectivity index (χ0) is 29.6. The van der Waals surface area contributed by atoms with Crippen LogP contribution in [0.2, 0.25) is 0 Å². The number of nitrogens with one attached hydrogen (secondary N) is 1. The van der Waals surface area contributed by atoms with Crippen molar-refractivity contribution in [3.63, 3.8) is 0 Å². The Labute approximate surface area is 243 Å². The van der Waals surface area contributed by atoms with Crippen molar-refractivity contribution >= 4 is 29.4 Å². The first-order valence-electron chi connectivity index (χ1n) is 15.1. The van der Waals surface area contributed by atoms with Crippen LogP contribution in [0.25, 0.3) is 0 Å². The molecular weight excluding hydrogens is 528 g/mol. The summed E-state index contributed by atoms with van der Waals surface area (Å²) in [5.41, 5.74) is 4.15. The molecule has 0 saturated heterocycles. The summed E-state index contributed by atoms with van der Waals surface area (Å²) in [5.74, 6) is -0.474. The van der Waals surface area contributed by atoms with Crippen LogP contribution in [0.3, 0.4) is 0 Å². The summed E-state index contributed by atoms with van der Waals surface area (Å²) in [6, 6.07) is -0.699. The summed E-state index contributed by atoms with van der Waals surface area (Å²) in [6.07, 6.45) is 5.21. The number of amides is 1. The molecule has 226 valence electrons. The second-order valence-corrected chi connectivity index (χ2v) is 15.0. The average Bonchev–Trinajstić information content (AvgIpc) is 3.27. The number of aliphatic hydroxyl groups is 2. The fourth-order valence-electron chi connectivity index (χ4n) is 8.63. The van der Waals surface area contributed by atoms with E-state index in [0.717, 1.165) is 19.3 Å². The van der Waals surface area contributed by atoms with E-state index in [0.29, 0.717) is 32.1 Å². The molecule has 0 aliphatic heterocycles. The Morgan fingerprint density at radius 2 is 1.93 bits per heavy atom. The number of Topliss-reactive ketones (excluding diaryl/α,β-unsaturated/α-hetero) is 1. The molecule has 9 heteroatoms. The van der Waals surface area contributed by atoms with Gasteiger partial charge in [-0.1, -0.05) is 33.8 Å². The van der Waals surface area contributed by atoms with Gasteiger partial charge in [0.25, 0.3) is 0 Å². The second kappa shape index (κ2) is 11.7. The molecule has 0 aromatic carbocycles. The van der Waals surface area contributed by atoms with Gasteiger partial charge in [-0.05, 0) is 69.1 Å². The van der Waals surface area contributed by atoms with Gasteiger partial charge in [0, 0.05) is 34.5 Å². The Balaban J connectivity index is 1.54. The number of hydrogen-bond acceptors (Lipinski definition) is 8. The zero-order valence-electron chi connectivity index (χ0n) is 24.9. The van der Waals surface area contributed by atoms with Crippen LogP contribution in [0, 0.1) is 34.0 Å². The van der Waals surface area contributed by atoms with Crippen molar-refractivity contribution in [3.8, 4) is 0 Å². The third-order valence-corrected chi connectivity index (χ3v) is 12.8. The molecule has 1 amide bonds. The van der Waals surface area contributed by atoms with Crippen LogP contribution in [-0.4, -0.2) is 69.3 Å². The van der Waals surface area contributed by atoms with Gasteiger partial charge >= 0.3 is 5.97 Å². The molecule has 2 bridgehead atoms. The minimum absolute atomic E-state index is 0.0597. The van der Waals surface area contributed by atoms with E-state index in [1.165, 1.54) is 11.8 Å². The predicted molar refractivity (Wildman–Crippen MR) is 156 cm³/mol.